The van der Waals surface area contributed by atoms with Gasteiger partial charge in [-0.1, -0.05) is 159 Å². The normalized spacial score (nSPS) is 12.8. The van der Waals surface area contributed by atoms with Gasteiger partial charge in [0.1, 0.15) is 0 Å². The molecule has 0 bridgehead atoms. The van der Waals surface area contributed by atoms with Crippen molar-refractivity contribution < 1.29 is 0 Å². The maximum atomic E-state index is 5.33. The molecular formula is C55H38N2S. The Labute approximate surface area is 342 Å². The molecule has 58 heavy (non-hydrogen) atoms. The van der Waals surface area contributed by atoms with E-state index in [4.69, 9.17) is 9.97 Å². The van der Waals surface area contributed by atoms with Gasteiger partial charge in [0.25, 0.3) is 0 Å². The molecule has 0 N–H and O–H groups in total. The predicted octanol–water partition coefficient (Wildman–Crippen LogP) is 15.2. The predicted molar refractivity (Wildman–Crippen MR) is 245 cm³/mol. The second-order valence-electron chi connectivity index (χ2n) is 15.8. The second kappa shape index (κ2) is 13.6. The van der Waals surface area contributed by atoms with E-state index in [-0.39, 0.29) is 5.41 Å². The van der Waals surface area contributed by atoms with E-state index >= 15 is 0 Å². The highest BCUT2D eigenvalue weighted by atomic mass is 32.1. The van der Waals surface area contributed by atoms with Gasteiger partial charge in [-0.15, -0.1) is 11.3 Å². The Bertz CT molecular complexity index is 3190. The molecule has 11 rings (SSSR count). The Kier molecular flexibility index (Phi) is 8.06. The highest BCUT2D eigenvalue weighted by Gasteiger charge is 2.35. The largest absolute Gasteiger partial charge is 0.228 e. The third-order valence-corrected chi connectivity index (χ3v) is 13.1. The van der Waals surface area contributed by atoms with Gasteiger partial charge in [0.15, 0.2) is 5.82 Å². The fourth-order valence-electron chi connectivity index (χ4n) is 8.92. The lowest BCUT2D eigenvalue weighted by Gasteiger charge is -2.22. The van der Waals surface area contributed by atoms with Gasteiger partial charge >= 0.3 is 0 Å². The number of thiophene rings is 1. The summed E-state index contributed by atoms with van der Waals surface area (Å²) in [5.41, 5.74) is 17.1. The first-order chi connectivity index (χ1) is 28.5. The third kappa shape index (κ3) is 5.78. The SMILES string of the molecule is CC1(C)c2ccccc2-c2ccc(-c3ccccc3-c3cc(-c4cc(-c5ccccc5)cc(-c5ccc6sc7ccccc7c6c5)c4)nc(-c4ccccc4)n3)cc21. The summed E-state index contributed by atoms with van der Waals surface area (Å²) >= 11 is 1.85. The van der Waals surface area contributed by atoms with Gasteiger partial charge in [0, 0.05) is 42.3 Å². The van der Waals surface area contributed by atoms with E-state index in [1.807, 2.05) is 17.4 Å². The molecule has 0 saturated heterocycles. The molecule has 0 fully saturated rings. The molecule has 0 radical (unpaired) electrons. The summed E-state index contributed by atoms with van der Waals surface area (Å²) in [7, 11) is 0. The van der Waals surface area contributed by atoms with Crippen LogP contribution in [0.25, 0.3) is 98.6 Å². The summed E-state index contributed by atoms with van der Waals surface area (Å²) in [6.45, 7) is 4.68. The van der Waals surface area contributed by atoms with Gasteiger partial charge in [0.2, 0.25) is 0 Å². The van der Waals surface area contributed by atoms with Crippen LogP contribution in [-0.4, -0.2) is 9.97 Å². The van der Waals surface area contributed by atoms with Crippen LogP contribution in [-0.2, 0) is 5.41 Å². The molecule has 0 spiro atoms. The van der Waals surface area contributed by atoms with E-state index in [1.54, 1.807) is 0 Å². The number of hydrogen-bond donors (Lipinski definition) is 0. The van der Waals surface area contributed by atoms with Crippen LogP contribution in [0, 0.1) is 0 Å². The highest BCUT2D eigenvalue weighted by molar-refractivity contribution is 7.25. The molecule has 10 aromatic rings. The second-order valence-corrected chi connectivity index (χ2v) is 16.9. The molecule has 274 valence electrons. The fraction of sp³-hybridized carbons (Fsp3) is 0.0545. The van der Waals surface area contributed by atoms with Crippen molar-refractivity contribution in [3.8, 4) is 78.4 Å². The Morgan fingerprint density at radius 3 is 1.74 bits per heavy atom. The van der Waals surface area contributed by atoms with Gasteiger partial charge in [-0.05, 0) is 104 Å². The highest BCUT2D eigenvalue weighted by Crippen LogP contribution is 2.50. The molecule has 0 atom stereocenters. The van der Waals surface area contributed by atoms with Gasteiger partial charge in [-0.2, -0.15) is 0 Å². The van der Waals surface area contributed by atoms with Crippen molar-refractivity contribution >= 4 is 31.5 Å². The quantitative estimate of drug-likeness (QED) is 0.169. The molecule has 2 aromatic heterocycles. The zero-order valence-electron chi connectivity index (χ0n) is 32.3. The molecule has 0 saturated carbocycles. The average molecular weight is 759 g/mol. The minimum atomic E-state index is -0.0953. The third-order valence-electron chi connectivity index (χ3n) is 11.9. The first-order valence-corrected chi connectivity index (χ1v) is 20.7. The van der Waals surface area contributed by atoms with E-state index in [1.165, 1.54) is 53.6 Å². The maximum Gasteiger partial charge on any atom is 0.160 e. The fourth-order valence-corrected chi connectivity index (χ4v) is 10.0. The number of nitrogens with zero attached hydrogens (tertiary/aromatic N) is 2. The van der Waals surface area contributed by atoms with Gasteiger partial charge in [-0.3, -0.25) is 0 Å². The van der Waals surface area contributed by atoms with Crippen LogP contribution in [0.2, 0.25) is 0 Å². The molecule has 1 aliphatic carbocycles. The Morgan fingerprint density at radius 2 is 0.931 bits per heavy atom. The number of rotatable bonds is 6. The average Bonchev–Trinajstić information content (AvgIpc) is 3.77. The maximum absolute atomic E-state index is 5.33. The van der Waals surface area contributed by atoms with Crippen LogP contribution < -0.4 is 0 Å². The van der Waals surface area contributed by atoms with Crippen molar-refractivity contribution in [1.29, 1.82) is 0 Å². The minimum Gasteiger partial charge on any atom is -0.228 e. The smallest absolute Gasteiger partial charge is 0.160 e. The van der Waals surface area contributed by atoms with Crippen molar-refractivity contribution in [2.75, 3.05) is 0 Å². The molecule has 8 aromatic carbocycles. The van der Waals surface area contributed by atoms with Gasteiger partial charge in [0.05, 0.1) is 11.4 Å². The molecule has 0 unspecified atom stereocenters. The lowest BCUT2D eigenvalue weighted by molar-refractivity contribution is 0.660. The number of benzene rings is 8. The number of aromatic nitrogens is 2. The standard InChI is InChI=1S/C55H38N2S/c1-55(2)48-23-13-11-20-43(48)44-27-25-38(33-49(44)55)42-19-9-10-21-45(42)51-34-50(56-54(57-51)36-17-7-4-8-18-36)41-30-39(35-15-5-3-6-16-35)29-40(31-41)37-26-28-53-47(32-37)46-22-12-14-24-52(46)58-53/h3-34H,1-2H3. The van der Waals surface area contributed by atoms with Crippen LogP contribution in [0.4, 0.5) is 0 Å². The van der Waals surface area contributed by atoms with Gasteiger partial charge in [-0.25, -0.2) is 9.97 Å². The van der Waals surface area contributed by atoms with E-state index in [2.05, 4.69) is 202 Å². The molecular weight excluding hydrogens is 721 g/mol. The first-order valence-electron chi connectivity index (χ1n) is 19.9. The summed E-state index contributed by atoms with van der Waals surface area (Å²) in [5, 5.41) is 2.59. The minimum absolute atomic E-state index is 0.0953. The molecule has 1 aliphatic rings. The van der Waals surface area contributed by atoms with E-state index in [0.29, 0.717) is 5.82 Å². The van der Waals surface area contributed by atoms with E-state index in [9.17, 15) is 0 Å². The van der Waals surface area contributed by atoms with E-state index < -0.39 is 0 Å². The molecule has 0 aliphatic heterocycles. The van der Waals surface area contributed by atoms with Crippen molar-refractivity contribution in [3.05, 3.63) is 205 Å². The molecule has 0 amide bonds. The van der Waals surface area contributed by atoms with Crippen LogP contribution in [0.1, 0.15) is 25.0 Å². The van der Waals surface area contributed by atoms with Crippen molar-refractivity contribution in [2.24, 2.45) is 0 Å². The van der Waals surface area contributed by atoms with Crippen LogP contribution in [0.5, 0.6) is 0 Å². The van der Waals surface area contributed by atoms with Crippen LogP contribution in [0.3, 0.4) is 0 Å². The lowest BCUT2D eigenvalue weighted by Crippen LogP contribution is -2.14. The zero-order chi connectivity index (χ0) is 38.8. The lowest BCUT2D eigenvalue weighted by atomic mass is 9.81. The molecule has 2 heterocycles. The zero-order valence-corrected chi connectivity index (χ0v) is 33.1. The monoisotopic (exact) mass is 758 g/mol. The van der Waals surface area contributed by atoms with Crippen molar-refractivity contribution in [3.63, 3.8) is 0 Å². The molecule has 2 nitrogen and oxygen atoms in total. The summed E-state index contributed by atoms with van der Waals surface area (Å²) in [4.78, 5) is 10.7. The van der Waals surface area contributed by atoms with Crippen molar-refractivity contribution in [2.45, 2.75) is 19.3 Å². The molecule has 3 heteroatoms. The van der Waals surface area contributed by atoms with Crippen molar-refractivity contribution in [1.82, 2.24) is 9.97 Å². The Hall–Kier alpha value is -6.94. The summed E-state index contributed by atoms with van der Waals surface area (Å²) in [6, 6.07) is 70.2. The van der Waals surface area contributed by atoms with E-state index in [0.717, 1.165) is 50.3 Å². The number of fused-ring (bicyclic) bond motifs is 6. The van der Waals surface area contributed by atoms with Gasteiger partial charge < -0.3 is 0 Å². The topological polar surface area (TPSA) is 25.8 Å². The summed E-state index contributed by atoms with van der Waals surface area (Å²) in [6.07, 6.45) is 0. The first kappa shape index (κ1) is 34.3. The van der Waals surface area contributed by atoms with Crippen LogP contribution in [0.15, 0.2) is 194 Å². The Balaban J connectivity index is 1.10. The Morgan fingerprint density at radius 1 is 0.345 bits per heavy atom. The van der Waals surface area contributed by atoms with Crippen LogP contribution >= 0.6 is 11.3 Å². The number of hydrogen-bond acceptors (Lipinski definition) is 3. The summed E-state index contributed by atoms with van der Waals surface area (Å²) in [5.74, 6) is 0.700. The summed E-state index contributed by atoms with van der Waals surface area (Å²) < 4.78 is 2.61.